The van der Waals surface area contributed by atoms with Crippen molar-refractivity contribution in [1.29, 1.82) is 0 Å². The number of carbonyl (C=O) groups excluding carboxylic acids is 1. The number of hydrogen-bond donors (Lipinski definition) is 2. The van der Waals surface area contributed by atoms with Gasteiger partial charge in [-0.1, -0.05) is 18.6 Å². The number of nitrogens with one attached hydrogen (secondary N) is 1. The number of rotatable bonds is 4. The van der Waals surface area contributed by atoms with Crippen molar-refractivity contribution in [3.8, 4) is 5.69 Å². The number of para-hydroxylation sites is 2. The number of aromatic nitrogens is 4. The van der Waals surface area contributed by atoms with Gasteiger partial charge in [0.15, 0.2) is 0 Å². The monoisotopic (exact) mass is 272 g/mol. The molecule has 20 heavy (non-hydrogen) atoms. The van der Waals surface area contributed by atoms with Crippen LogP contribution < -0.4 is 11.1 Å². The van der Waals surface area contributed by atoms with Gasteiger partial charge in [-0.3, -0.25) is 4.79 Å². The molecule has 0 aliphatic heterocycles. The summed E-state index contributed by atoms with van der Waals surface area (Å²) in [7, 11) is 0. The molecule has 1 aromatic carbocycles. The molecule has 1 aliphatic carbocycles. The number of nitrogens with zero attached hydrogens (tertiary/aromatic N) is 4. The fraction of sp³-hybridized carbons (Fsp3) is 0.385. The summed E-state index contributed by atoms with van der Waals surface area (Å²) in [5.41, 5.74) is 6.77. The highest BCUT2D eigenvalue weighted by Gasteiger charge is 2.42. The van der Waals surface area contributed by atoms with Gasteiger partial charge in [-0.05, 0) is 35.4 Å². The molecule has 1 fully saturated rings. The van der Waals surface area contributed by atoms with E-state index < -0.39 is 5.41 Å². The van der Waals surface area contributed by atoms with Crippen molar-refractivity contribution in [2.45, 2.75) is 19.3 Å². The largest absolute Gasteiger partial charge is 0.329 e. The van der Waals surface area contributed by atoms with Crippen molar-refractivity contribution in [1.82, 2.24) is 20.2 Å². The summed E-state index contributed by atoms with van der Waals surface area (Å²) in [4.78, 5) is 12.4. The first kappa shape index (κ1) is 12.7. The van der Waals surface area contributed by atoms with Gasteiger partial charge in [-0.15, -0.1) is 5.10 Å². The first-order chi connectivity index (χ1) is 9.75. The molecule has 3 rings (SSSR count). The molecule has 1 heterocycles. The van der Waals surface area contributed by atoms with Crippen molar-refractivity contribution in [2.75, 3.05) is 11.9 Å². The molecular weight excluding hydrogens is 256 g/mol. The van der Waals surface area contributed by atoms with E-state index in [0.717, 1.165) is 24.9 Å². The molecule has 0 radical (unpaired) electrons. The van der Waals surface area contributed by atoms with Crippen LogP contribution in [-0.4, -0.2) is 32.7 Å². The van der Waals surface area contributed by atoms with Crippen LogP contribution in [0.15, 0.2) is 30.6 Å². The summed E-state index contributed by atoms with van der Waals surface area (Å²) < 4.78 is 1.52. The number of carbonyl (C=O) groups is 1. The Labute approximate surface area is 116 Å². The molecule has 1 aromatic heterocycles. The Kier molecular flexibility index (Phi) is 3.19. The third kappa shape index (κ3) is 2.05. The van der Waals surface area contributed by atoms with Crippen LogP contribution in [-0.2, 0) is 4.79 Å². The highest BCUT2D eigenvalue weighted by Crippen LogP contribution is 2.41. The Balaban J connectivity index is 1.86. The Hall–Kier alpha value is -2.28. The second kappa shape index (κ2) is 5.01. The molecule has 3 N–H and O–H groups in total. The summed E-state index contributed by atoms with van der Waals surface area (Å²) in [5.74, 6) is -0.0215. The molecule has 7 heteroatoms. The first-order valence-corrected chi connectivity index (χ1v) is 6.59. The van der Waals surface area contributed by atoms with Crippen LogP contribution in [0.5, 0.6) is 0 Å². The van der Waals surface area contributed by atoms with Crippen LogP contribution in [0, 0.1) is 5.41 Å². The number of hydrogen-bond acceptors (Lipinski definition) is 5. The van der Waals surface area contributed by atoms with Crippen LogP contribution in [0.25, 0.3) is 5.69 Å². The van der Waals surface area contributed by atoms with Gasteiger partial charge in [0.1, 0.15) is 6.33 Å². The molecular formula is C13H16N6O. The minimum absolute atomic E-state index is 0.0215. The lowest BCUT2D eigenvalue weighted by Crippen LogP contribution is -2.47. The average Bonchev–Trinajstić information content (AvgIpc) is 2.92. The third-order valence-electron chi connectivity index (χ3n) is 3.93. The van der Waals surface area contributed by atoms with Gasteiger partial charge >= 0.3 is 0 Å². The molecule has 1 saturated carbocycles. The highest BCUT2D eigenvalue weighted by molar-refractivity contribution is 5.97. The van der Waals surface area contributed by atoms with Crippen molar-refractivity contribution in [3.63, 3.8) is 0 Å². The zero-order valence-corrected chi connectivity index (χ0v) is 11.0. The Morgan fingerprint density at radius 3 is 2.80 bits per heavy atom. The van der Waals surface area contributed by atoms with E-state index in [0.29, 0.717) is 12.2 Å². The summed E-state index contributed by atoms with van der Waals surface area (Å²) >= 11 is 0. The van der Waals surface area contributed by atoms with Crippen molar-refractivity contribution < 1.29 is 4.79 Å². The lowest BCUT2D eigenvalue weighted by molar-refractivity contribution is -0.129. The van der Waals surface area contributed by atoms with E-state index in [1.54, 1.807) is 0 Å². The van der Waals surface area contributed by atoms with Gasteiger partial charge in [0, 0.05) is 6.54 Å². The van der Waals surface area contributed by atoms with Gasteiger partial charge in [-0.25, -0.2) is 0 Å². The van der Waals surface area contributed by atoms with E-state index in [9.17, 15) is 4.79 Å². The second-order valence-electron chi connectivity index (χ2n) is 5.06. The predicted molar refractivity (Wildman–Crippen MR) is 73.1 cm³/mol. The van der Waals surface area contributed by atoms with Gasteiger partial charge in [-0.2, -0.15) is 4.68 Å². The molecule has 2 aromatic rings. The molecule has 0 atom stereocenters. The van der Waals surface area contributed by atoms with Crippen LogP contribution in [0.3, 0.4) is 0 Å². The molecule has 1 aliphatic rings. The summed E-state index contributed by atoms with van der Waals surface area (Å²) in [6.07, 6.45) is 4.25. The highest BCUT2D eigenvalue weighted by atomic mass is 16.2. The number of nitrogens with two attached hydrogens (primary N) is 1. The fourth-order valence-electron chi connectivity index (χ4n) is 2.43. The zero-order chi connectivity index (χ0) is 14.0. The van der Waals surface area contributed by atoms with Crippen LogP contribution in [0.1, 0.15) is 19.3 Å². The Morgan fingerprint density at radius 2 is 2.20 bits per heavy atom. The maximum Gasteiger partial charge on any atom is 0.231 e. The molecule has 0 unspecified atom stereocenters. The minimum atomic E-state index is -0.409. The SMILES string of the molecule is NCC1(C(=O)Nc2ccccc2-n2cnnn2)CCC1. The van der Waals surface area contributed by atoms with Crippen molar-refractivity contribution in [2.24, 2.45) is 11.1 Å². The molecule has 104 valence electrons. The third-order valence-corrected chi connectivity index (χ3v) is 3.93. The van der Waals surface area contributed by atoms with E-state index >= 15 is 0 Å². The van der Waals surface area contributed by atoms with Crippen molar-refractivity contribution >= 4 is 11.6 Å². The topological polar surface area (TPSA) is 98.7 Å². The van der Waals surface area contributed by atoms with Gasteiger partial charge in [0.2, 0.25) is 5.91 Å². The quantitative estimate of drug-likeness (QED) is 0.854. The van der Waals surface area contributed by atoms with Crippen LogP contribution in [0.2, 0.25) is 0 Å². The van der Waals surface area contributed by atoms with E-state index in [2.05, 4.69) is 20.8 Å². The normalized spacial score (nSPS) is 16.4. The van der Waals surface area contributed by atoms with Gasteiger partial charge < -0.3 is 11.1 Å². The smallest absolute Gasteiger partial charge is 0.231 e. The van der Waals surface area contributed by atoms with E-state index in [-0.39, 0.29) is 5.91 Å². The van der Waals surface area contributed by atoms with Gasteiger partial charge in [0.05, 0.1) is 16.8 Å². The van der Waals surface area contributed by atoms with E-state index in [4.69, 9.17) is 5.73 Å². The minimum Gasteiger partial charge on any atom is -0.329 e. The Bertz CT molecular complexity index is 600. The summed E-state index contributed by atoms with van der Waals surface area (Å²) in [5, 5.41) is 14.0. The van der Waals surface area contributed by atoms with E-state index in [1.807, 2.05) is 24.3 Å². The fourth-order valence-corrected chi connectivity index (χ4v) is 2.43. The number of anilines is 1. The Morgan fingerprint density at radius 1 is 1.40 bits per heavy atom. The molecule has 7 nitrogen and oxygen atoms in total. The first-order valence-electron chi connectivity index (χ1n) is 6.59. The summed E-state index contributed by atoms with van der Waals surface area (Å²) in [6.45, 7) is 0.381. The number of tetrazole rings is 1. The maximum absolute atomic E-state index is 12.4. The average molecular weight is 272 g/mol. The van der Waals surface area contributed by atoms with Crippen LogP contribution in [0.4, 0.5) is 5.69 Å². The molecule has 0 bridgehead atoms. The second-order valence-corrected chi connectivity index (χ2v) is 5.06. The standard InChI is InChI=1S/C13H16N6O/c14-8-13(6-3-7-13)12(20)16-10-4-1-2-5-11(10)19-9-15-17-18-19/h1-2,4-5,9H,3,6-8,14H2,(H,16,20). The molecule has 0 saturated heterocycles. The van der Waals surface area contributed by atoms with Crippen LogP contribution >= 0.6 is 0 Å². The van der Waals surface area contributed by atoms with Gasteiger partial charge in [0.25, 0.3) is 0 Å². The van der Waals surface area contributed by atoms with E-state index in [1.165, 1.54) is 11.0 Å². The van der Waals surface area contributed by atoms with Crippen molar-refractivity contribution in [3.05, 3.63) is 30.6 Å². The number of amides is 1. The summed E-state index contributed by atoms with van der Waals surface area (Å²) in [6, 6.07) is 7.41. The maximum atomic E-state index is 12.4. The lowest BCUT2D eigenvalue weighted by atomic mass is 9.68. The molecule has 0 spiro atoms. The zero-order valence-electron chi connectivity index (χ0n) is 11.0. The molecule has 1 amide bonds. The lowest BCUT2D eigenvalue weighted by Gasteiger charge is -2.39. The predicted octanol–water partition coefficient (Wildman–Crippen LogP) is 0.730. The number of benzene rings is 1.